The first-order valence-corrected chi connectivity index (χ1v) is 13.3. The normalized spacial score (nSPS) is 22.3. The van der Waals surface area contributed by atoms with Crippen LogP contribution in [0.1, 0.15) is 75.0 Å². The number of esters is 1. The number of cyclic esters (lactones) is 1. The Bertz CT molecular complexity index is 1440. The zero-order valence-corrected chi connectivity index (χ0v) is 22.3. The molecule has 2 unspecified atom stereocenters. The number of ketones is 1. The summed E-state index contributed by atoms with van der Waals surface area (Å²) in [4.78, 5) is 38.8. The summed E-state index contributed by atoms with van der Waals surface area (Å²) in [5.41, 5.74) is -1.44. The van der Waals surface area contributed by atoms with Crippen LogP contribution in [0.5, 0.6) is 0 Å². The maximum absolute atomic E-state index is 14.9. The second-order valence-corrected chi connectivity index (χ2v) is 11.3. The average molecular weight is 536 g/mol. The third kappa shape index (κ3) is 5.14. The number of carbonyl (C=O) groups is 2. The largest absolute Gasteiger partial charge is 0.458 e. The van der Waals surface area contributed by atoms with Crippen LogP contribution in [0, 0.1) is 37.0 Å². The fourth-order valence-corrected chi connectivity index (χ4v) is 6.02. The Morgan fingerprint density at radius 3 is 2.51 bits per heavy atom. The van der Waals surface area contributed by atoms with Crippen LogP contribution in [-0.4, -0.2) is 36.9 Å². The van der Waals surface area contributed by atoms with Gasteiger partial charge in [0, 0.05) is 38.6 Å². The van der Waals surface area contributed by atoms with Crippen molar-refractivity contribution in [3.63, 3.8) is 0 Å². The average Bonchev–Trinajstić information content (AvgIpc) is 3.55. The van der Waals surface area contributed by atoms with Gasteiger partial charge in [-0.2, -0.15) is 4.98 Å². The molecule has 2 aromatic heterocycles. The molecule has 0 N–H and O–H groups in total. The lowest BCUT2D eigenvalue weighted by molar-refractivity contribution is -0.185. The summed E-state index contributed by atoms with van der Waals surface area (Å²) >= 11 is 0. The number of benzene rings is 1. The van der Waals surface area contributed by atoms with Gasteiger partial charge in [-0.1, -0.05) is 12.8 Å². The Labute approximate surface area is 225 Å². The van der Waals surface area contributed by atoms with Gasteiger partial charge < -0.3 is 9.58 Å². The number of nitrogens with zero attached hydrogens (tertiary/aromatic N) is 5. The summed E-state index contributed by atoms with van der Waals surface area (Å²) in [6, 6.07) is 4.28. The van der Waals surface area contributed by atoms with E-state index in [1.165, 1.54) is 30.5 Å². The minimum Gasteiger partial charge on any atom is -0.458 e. The number of aromatic nitrogens is 4. The molecule has 39 heavy (non-hydrogen) atoms. The monoisotopic (exact) mass is 535 g/mol. The molecular weight excluding hydrogens is 504 g/mol. The van der Waals surface area contributed by atoms with Gasteiger partial charge in [-0.3, -0.25) is 9.59 Å². The lowest BCUT2D eigenvalue weighted by atomic mass is 9.73. The molecule has 8 nitrogen and oxygen atoms in total. The standard InChI is InChI=1S/C29H31F2N5O3/c1-17-10-12-36-27(33-17)34-24(35-36)15-20-23(37)16-29(39-26(20)38,19-7-5-6-8-19)11-9-18-13-21(30)25(22(31)14-18)28(2,3)32-4/h10,12-14,19-20H,5-9,11,15-16H2,1-3H3. The SMILES string of the molecule is [C-]#[N+]C(C)(C)c1c(F)cc(CCC2(C3CCCC3)CC(=O)C(Cc3nc4nc(C)ccn4n3)C(=O)O2)cc1F. The van der Waals surface area contributed by atoms with Crippen molar-refractivity contribution >= 4 is 17.5 Å². The molecule has 1 aliphatic heterocycles. The molecule has 1 saturated heterocycles. The number of halogens is 2. The number of ether oxygens (including phenoxy) is 1. The Hall–Kier alpha value is -3.74. The Kier molecular flexibility index (Phi) is 6.95. The number of carbonyl (C=O) groups excluding carboxylic acids is 2. The molecule has 1 saturated carbocycles. The van der Waals surface area contributed by atoms with Crippen LogP contribution in [0.25, 0.3) is 10.6 Å². The molecule has 0 bridgehead atoms. The van der Waals surface area contributed by atoms with Gasteiger partial charge in [0.15, 0.2) is 11.6 Å². The van der Waals surface area contributed by atoms with Gasteiger partial charge >= 0.3 is 5.97 Å². The maximum Gasteiger partial charge on any atom is 0.317 e. The Morgan fingerprint density at radius 2 is 1.87 bits per heavy atom. The van der Waals surface area contributed by atoms with Crippen LogP contribution in [0.2, 0.25) is 0 Å². The van der Waals surface area contributed by atoms with Crippen molar-refractivity contribution in [1.82, 2.24) is 19.6 Å². The van der Waals surface area contributed by atoms with E-state index in [0.29, 0.717) is 17.2 Å². The number of aryl methyl sites for hydroxylation is 2. The molecule has 3 heterocycles. The molecule has 2 fully saturated rings. The molecular formula is C29H31F2N5O3. The minimum atomic E-state index is -1.33. The first kappa shape index (κ1) is 26.9. The Morgan fingerprint density at radius 1 is 1.18 bits per heavy atom. The molecule has 2 aliphatic rings. The van der Waals surface area contributed by atoms with Crippen LogP contribution >= 0.6 is 0 Å². The third-order valence-electron chi connectivity index (χ3n) is 8.16. The van der Waals surface area contributed by atoms with Crippen LogP contribution in [0.15, 0.2) is 24.4 Å². The van der Waals surface area contributed by atoms with Crippen molar-refractivity contribution in [3.05, 3.63) is 70.1 Å². The van der Waals surface area contributed by atoms with E-state index in [4.69, 9.17) is 11.3 Å². The van der Waals surface area contributed by atoms with Gasteiger partial charge in [-0.15, -0.1) is 5.10 Å². The summed E-state index contributed by atoms with van der Waals surface area (Å²) < 4.78 is 37.4. The molecule has 2 atom stereocenters. The lowest BCUT2D eigenvalue weighted by Crippen LogP contribution is -2.52. The van der Waals surface area contributed by atoms with Crippen LogP contribution < -0.4 is 0 Å². The van der Waals surface area contributed by atoms with Crippen molar-refractivity contribution in [2.45, 2.75) is 83.3 Å². The predicted octanol–water partition coefficient (Wildman–Crippen LogP) is 5.10. The highest BCUT2D eigenvalue weighted by Crippen LogP contribution is 2.45. The van der Waals surface area contributed by atoms with E-state index in [1.807, 2.05) is 6.92 Å². The van der Waals surface area contributed by atoms with Crippen LogP contribution in [0.4, 0.5) is 8.78 Å². The molecule has 10 heteroatoms. The highest BCUT2D eigenvalue weighted by Gasteiger charge is 2.51. The van der Waals surface area contributed by atoms with Gasteiger partial charge in [0.2, 0.25) is 0 Å². The van der Waals surface area contributed by atoms with E-state index < -0.39 is 34.7 Å². The van der Waals surface area contributed by atoms with E-state index in [1.54, 1.807) is 12.3 Å². The molecule has 3 aromatic rings. The molecule has 0 radical (unpaired) electrons. The molecule has 0 amide bonds. The quantitative estimate of drug-likeness (QED) is 0.238. The van der Waals surface area contributed by atoms with Crippen molar-refractivity contribution in [1.29, 1.82) is 0 Å². The summed E-state index contributed by atoms with van der Waals surface area (Å²) in [5, 5.41) is 4.35. The van der Waals surface area contributed by atoms with Crippen molar-refractivity contribution in [2.75, 3.05) is 0 Å². The van der Waals surface area contributed by atoms with Gasteiger partial charge in [0.05, 0.1) is 0 Å². The second-order valence-electron chi connectivity index (χ2n) is 11.3. The minimum absolute atomic E-state index is 0.00172. The zero-order valence-electron chi connectivity index (χ0n) is 22.3. The summed E-state index contributed by atoms with van der Waals surface area (Å²) in [5.74, 6) is -2.66. The summed E-state index contributed by atoms with van der Waals surface area (Å²) in [6.45, 7) is 12.1. The number of hydrogen-bond acceptors (Lipinski definition) is 6. The first-order chi connectivity index (χ1) is 18.5. The van der Waals surface area contributed by atoms with Crippen LogP contribution in [0.3, 0.4) is 0 Å². The van der Waals surface area contributed by atoms with E-state index >= 15 is 0 Å². The lowest BCUT2D eigenvalue weighted by Gasteiger charge is -2.43. The highest BCUT2D eigenvalue weighted by atomic mass is 19.1. The van der Waals surface area contributed by atoms with Gasteiger partial charge in [0.25, 0.3) is 11.3 Å². The van der Waals surface area contributed by atoms with E-state index in [-0.39, 0.29) is 42.9 Å². The van der Waals surface area contributed by atoms with Gasteiger partial charge in [-0.25, -0.2) is 24.9 Å². The highest BCUT2D eigenvalue weighted by molar-refractivity contribution is 6.01. The fraction of sp³-hybridized carbons (Fsp3) is 0.517. The number of Topliss-reactive ketones (excluding diaryl/α,β-unsaturated/α-hetero) is 1. The van der Waals surface area contributed by atoms with Gasteiger partial charge in [-0.05, 0) is 62.3 Å². The van der Waals surface area contributed by atoms with E-state index in [9.17, 15) is 18.4 Å². The maximum atomic E-state index is 14.9. The molecule has 0 spiro atoms. The molecule has 204 valence electrons. The number of rotatable bonds is 7. The van der Waals surface area contributed by atoms with E-state index in [2.05, 4.69) is 19.9 Å². The second kappa shape index (κ2) is 10.1. The number of fused-ring (bicyclic) bond motifs is 1. The number of hydrogen-bond donors (Lipinski definition) is 0. The summed E-state index contributed by atoms with van der Waals surface area (Å²) in [7, 11) is 0. The zero-order chi connectivity index (χ0) is 27.9. The van der Waals surface area contributed by atoms with Crippen molar-refractivity contribution in [3.8, 4) is 0 Å². The van der Waals surface area contributed by atoms with Crippen LogP contribution in [-0.2, 0) is 32.7 Å². The fourth-order valence-electron chi connectivity index (χ4n) is 6.02. The molecule has 1 aromatic carbocycles. The smallest absolute Gasteiger partial charge is 0.317 e. The third-order valence-corrected chi connectivity index (χ3v) is 8.16. The molecule has 1 aliphatic carbocycles. The van der Waals surface area contributed by atoms with Crippen molar-refractivity contribution < 1.29 is 23.1 Å². The summed E-state index contributed by atoms with van der Waals surface area (Å²) in [6.07, 6.45) is 5.90. The van der Waals surface area contributed by atoms with E-state index in [0.717, 1.165) is 31.4 Å². The molecule has 5 rings (SSSR count). The topological polar surface area (TPSA) is 90.8 Å². The predicted molar refractivity (Wildman–Crippen MR) is 137 cm³/mol. The Balaban J connectivity index is 1.36. The first-order valence-electron chi connectivity index (χ1n) is 13.3. The van der Waals surface area contributed by atoms with Gasteiger partial charge in [0.1, 0.15) is 28.7 Å². The van der Waals surface area contributed by atoms with Crippen molar-refractivity contribution in [2.24, 2.45) is 11.8 Å².